The molecule has 2 aromatic rings. The normalized spacial score (nSPS) is 10.5. The summed E-state index contributed by atoms with van der Waals surface area (Å²) in [6.07, 6.45) is 3.05. The third kappa shape index (κ3) is 2.77. The van der Waals surface area contributed by atoms with Crippen molar-refractivity contribution in [1.29, 1.82) is 0 Å². The summed E-state index contributed by atoms with van der Waals surface area (Å²) >= 11 is 0. The number of aromatic nitrogens is 3. The molecule has 0 saturated heterocycles. The minimum Gasteiger partial charge on any atom is -0.343 e. The van der Waals surface area contributed by atoms with E-state index in [0.29, 0.717) is 25.5 Å². The highest BCUT2D eigenvalue weighted by Gasteiger charge is 1.97. The fraction of sp³-hybridized carbons (Fsp3) is 0.300. The van der Waals surface area contributed by atoms with E-state index in [-0.39, 0.29) is 5.56 Å². The van der Waals surface area contributed by atoms with Gasteiger partial charge < -0.3 is 14.4 Å². The average molecular weight is 220 g/mol. The van der Waals surface area contributed by atoms with Crippen molar-refractivity contribution in [3.05, 3.63) is 47.0 Å². The lowest BCUT2D eigenvalue weighted by molar-refractivity contribution is 0.406. The molecule has 2 heterocycles. The molecule has 16 heavy (non-hydrogen) atoms. The third-order valence-electron chi connectivity index (χ3n) is 2.12. The Morgan fingerprint density at radius 2 is 2.38 bits per heavy atom. The molecule has 0 unspecified atom stereocenters. The van der Waals surface area contributed by atoms with Crippen molar-refractivity contribution in [1.82, 2.24) is 20.0 Å². The summed E-state index contributed by atoms with van der Waals surface area (Å²) in [5, 5.41) is 6.78. The fourth-order valence-corrected chi connectivity index (χ4v) is 1.32. The highest BCUT2D eigenvalue weighted by Crippen LogP contribution is 1.86. The minimum absolute atomic E-state index is 0.00358. The average Bonchev–Trinajstić information content (AvgIpc) is 2.79. The zero-order valence-corrected chi connectivity index (χ0v) is 8.67. The van der Waals surface area contributed by atoms with Crippen LogP contribution >= 0.6 is 0 Å². The lowest BCUT2D eigenvalue weighted by atomic mass is 10.4. The Morgan fingerprint density at radius 1 is 1.44 bits per heavy atom. The Bertz CT molecular complexity index is 478. The van der Waals surface area contributed by atoms with Gasteiger partial charge in [-0.25, -0.2) is 0 Å². The molecule has 0 bridgehead atoms. The lowest BCUT2D eigenvalue weighted by Gasteiger charge is -2.04. The van der Waals surface area contributed by atoms with Crippen LogP contribution in [0, 0.1) is 0 Å². The molecule has 0 aliphatic rings. The summed E-state index contributed by atoms with van der Waals surface area (Å²) in [4.78, 5) is 15.2. The molecule has 84 valence electrons. The van der Waals surface area contributed by atoms with Crippen LogP contribution in [-0.2, 0) is 13.1 Å². The summed E-state index contributed by atoms with van der Waals surface area (Å²) in [6, 6.07) is 5.10. The molecular weight excluding hydrogens is 208 g/mol. The van der Waals surface area contributed by atoms with E-state index in [9.17, 15) is 4.79 Å². The molecule has 0 spiro atoms. The second-order valence-electron chi connectivity index (χ2n) is 3.26. The summed E-state index contributed by atoms with van der Waals surface area (Å²) in [5.41, 5.74) is 0.00358. The van der Waals surface area contributed by atoms with E-state index in [1.54, 1.807) is 22.9 Å². The number of rotatable bonds is 5. The molecule has 0 atom stereocenters. The largest absolute Gasteiger partial charge is 0.343 e. The maximum absolute atomic E-state index is 11.3. The van der Waals surface area contributed by atoms with Gasteiger partial charge in [0.25, 0.3) is 5.56 Å². The molecule has 0 aliphatic heterocycles. The van der Waals surface area contributed by atoms with Crippen LogP contribution in [0.5, 0.6) is 0 Å². The number of nitrogens with one attached hydrogen (secondary N) is 1. The van der Waals surface area contributed by atoms with Gasteiger partial charge in [-0.15, -0.1) is 0 Å². The molecule has 0 fully saturated rings. The smallest absolute Gasteiger partial charge is 0.250 e. The third-order valence-corrected chi connectivity index (χ3v) is 2.12. The van der Waals surface area contributed by atoms with E-state index in [1.165, 1.54) is 6.39 Å². The van der Waals surface area contributed by atoms with Crippen LogP contribution in [0.1, 0.15) is 5.82 Å². The molecule has 0 radical (unpaired) electrons. The maximum atomic E-state index is 11.3. The van der Waals surface area contributed by atoms with Gasteiger partial charge in [-0.05, 0) is 6.07 Å². The van der Waals surface area contributed by atoms with Gasteiger partial charge in [-0.3, -0.25) is 4.79 Å². The molecule has 0 aliphatic carbocycles. The number of hydrogen-bond donors (Lipinski definition) is 1. The van der Waals surface area contributed by atoms with Crippen LogP contribution in [0.15, 0.2) is 40.1 Å². The Balaban J connectivity index is 1.76. The van der Waals surface area contributed by atoms with Gasteiger partial charge in [-0.2, -0.15) is 4.98 Å². The van der Waals surface area contributed by atoms with Crippen molar-refractivity contribution in [3.8, 4) is 0 Å². The van der Waals surface area contributed by atoms with Crippen LogP contribution < -0.4 is 10.9 Å². The monoisotopic (exact) mass is 220 g/mol. The van der Waals surface area contributed by atoms with Gasteiger partial charge in [0.05, 0.1) is 6.54 Å². The standard InChI is InChI=1S/C10H12N4O2/c15-10-3-1-2-5-14(10)6-4-11-7-9-12-8-16-13-9/h1-3,5,8,11H,4,6-7H2. The molecule has 1 N–H and O–H groups in total. The Kier molecular flexibility index (Phi) is 3.45. The molecule has 2 aromatic heterocycles. The van der Waals surface area contributed by atoms with Gasteiger partial charge in [0, 0.05) is 25.4 Å². The van der Waals surface area contributed by atoms with Crippen LogP contribution in [0.4, 0.5) is 0 Å². The number of nitrogens with zero attached hydrogens (tertiary/aromatic N) is 3. The zero-order chi connectivity index (χ0) is 11.2. The van der Waals surface area contributed by atoms with E-state index in [0.717, 1.165) is 0 Å². The van der Waals surface area contributed by atoms with Gasteiger partial charge in [0.1, 0.15) is 0 Å². The predicted molar refractivity (Wildman–Crippen MR) is 56.7 cm³/mol. The van der Waals surface area contributed by atoms with Crippen molar-refractivity contribution in [2.45, 2.75) is 13.1 Å². The second-order valence-corrected chi connectivity index (χ2v) is 3.26. The molecule has 0 saturated carbocycles. The van der Waals surface area contributed by atoms with Crippen molar-refractivity contribution in [2.75, 3.05) is 6.54 Å². The van der Waals surface area contributed by atoms with Crippen LogP contribution in [0.25, 0.3) is 0 Å². The highest BCUT2D eigenvalue weighted by atomic mass is 16.5. The van der Waals surface area contributed by atoms with E-state index >= 15 is 0 Å². The summed E-state index contributed by atoms with van der Waals surface area (Å²) in [5.74, 6) is 0.611. The summed E-state index contributed by atoms with van der Waals surface area (Å²) in [6.45, 7) is 1.84. The Hall–Kier alpha value is -1.95. The van der Waals surface area contributed by atoms with Gasteiger partial charge in [0.2, 0.25) is 6.39 Å². The molecule has 6 heteroatoms. The predicted octanol–water partition coefficient (Wildman–Crippen LogP) is 0.0211. The molecule has 0 aromatic carbocycles. The summed E-state index contributed by atoms with van der Waals surface area (Å²) < 4.78 is 6.23. The second kappa shape index (κ2) is 5.22. The molecular formula is C10H12N4O2. The topological polar surface area (TPSA) is 73.0 Å². The molecule has 2 rings (SSSR count). The Morgan fingerprint density at radius 3 is 3.12 bits per heavy atom. The van der Waals surface area contributed by atoms with Crippen molar-refractivity contribution >= 4 is 0 Å². The van der Waals surface area contributed by atoms with Crippen molar-refractivity contribution in [3.63, 3.8) is 0 Å². The first kappa shape index (κ1) is 10.6. The molecule has 0 amide bonds. The van der Waals surface area contributed by atoms with Crippen molar-refractivity contribution in [2.24, 2.45) is 0 Å². The van der Waals surface area contributed by atoms with E-state index in [4.69, 9.17) is 0 Å². The van der Waals surface area contributed by atoms with E-state index < -0.39 is 0 Å². The fourth-order valence-electron chi connectivity index (χ4n) is 1.32. The SMILES string of the molecule is O=c1ccccn1CCNCc1ncon1. The quantitative estimate of drug-likeness (QED) is 0.719. The Labute approximate surface area is 91.9 Å². The van der Waals surface area contributed by atoms with Gasteiger partial charge in [-0.1, -0.05) is 11.2 Å². The van der Waals surface area contributed by atoms with Crippen LogP contribution in [0.3, 0.4) is 0 Å². The minimum atomic E-state index is 0.00358. The number of hydrogen-bond acceptors (Lipinski definition) is 5. The summed E-state index contributed by atoms with van der Waals surface area (Å²) in [7, 11) is 0. The van der Waals surface area contributed by atoms with Crippen LogP contribution in [-0.4, -0.2) is 21.3 Å². The van der Waals surface area contributed by atoms with Gasteiger partial charge >= 0.3 is 0 Å². The molecule has 6 nitrogen and oxygen atoms in total. The van der Waals surface area contributed by atoms with E-state index in [2.05, 4.69) is 20.0 Å². The first-order valence-electron chi connectivity index (χ1n) is 4.98. The first-order valence-corrected chi connectivity index (χ1v) is 4.98. The number of pyridine rings is 1. The van der Waals surface area contributed by atoms with Crippen LogP contribution in [0.2, 0.25) is 0 Å². The zero-order valence-electron chi connectivity index (χ0n) is 8.67. The van der Waals surface area contributed by atoms with E-state index in [1.807, 2.05) is 6.07 Å². The highest BCUT2D eigenvalue weighted by molar-refractivity contribution is 4.93. The maximum Gasteiger partial charge on any atom is 0.250 e. The van der Waals surface area contributed by atoms with Gasteiger partial charge in [0.15, 0.2) is 5.82 Å². The first-order chi connectivity index (χ1) is 7.86. The van der Waals surface area contributed by atoms with Crippen molar-refractivity contribution < 1.29 is 4.52 Å². The lowest BCUT2D eigenvalue weighted by Crippen LogP contribution is -2.26.